The van der Waals surface area contributed by atoms with Gasteiger partial charge in [0.2, 0.25) is 0 Å². The van der Waals surface area contributed by atoms with Gasteiger partial charge in [0, 0.05) is 23.7 Å². The number of hydrogen-bond acceptors (Lipinski definition) is 6. The van der Waals surface area contributed by atoms with Crippen LogP contribution >= 0.6 is 0 Å². The largest absolute Gasteiger partial charge is 0.508 e. The summed E-state index contributed by atoms with van der Waals surface area (Å²) in [7, 11) is 1.21. The second-order valence-electron chi connectivity index (χ2n) is 3.39. The molecule has 7 nitrogen and oxygen atoms in total. The van der Waals surface area contributed by atoms with E-state index in [1.165, 1.54) is 13.2 Å². The first-order valence-corrected chi connectivity index (χ1v) is 4.75. The van der Waals surface area contributed by atoms with Gasteiger partial charge in [-0.1, -0.05) is 0 Å². The van der Waals surface area contributed by atoms with Gasteiger partial charge in [-0.05, 0) is 6.07 Å². The number of phenols is 1. The van der Waals surface area contributed by atoms with Gasteiger partial charge in [0.25, 0.3) is 5.69 Å². The average Bonchev–Trinajstić information content (AvgIpc) is 2.28. The van der Waals surface area contributed by atoms with Crippen LogP contribution in [0.25, 0.3) is 0 Å². The smallest absolute Gasteiger partial charge is 0.307 e. The highest BCUT2D eigenvalue weighted by Gasteiger charge is 2.18. The van der Waals surface area contributed by atoms with E-state index < -0.39 is 16.9 Å². The lowest BCUT2D eigenvalue weighted by molar-refractivity contribution is -0.385. The number of carbonyl (C=O) groups is 1. The molecule has 0 aliphatic heterocycles. The monoisotopic (exact) mass is 240 g/mol. The number of nitro benzene ring substituents is 1. The van der Waals surface area contributed by atoms with Crippen molar-refractivity contribution < 1.29 is 19.6 Å². The number of benzene rings is 1. The predicted molar refractivity (Wildman–Crippen MR) is 58.3 cm³/mol. The SMILES string of the molecule is COC(=O)C[C@H](N)c1cc([N+](=O)[O-])ccc1O. The number of nitrogens with two attached hydrogens (primary N) is 1. The number of ether oxygens (including phenoxy) is 1. The first kappa shape index (κ1) is 12.9. The highest BCUT2D eigenvalue weighted by Crippen LogP contribution is 2.28. The highest BCUT2D eigenvalue weighted by atomic mass is 16.6. The Kier molecular flexibility index (Phi) is 4.00. The van der Waals surface area contributed by atoms with Gasteiger partial charge in [-0.3, -0.25) is 14.9 Å². The fraction of sp³-hybridized carbons (Fsp3) is 0.300. The number of hydrogen-bond donors (Lipinski definition) is 2. The number of phenolic OH excluding ortho intramolecular Hbond substituents is 1. The van der Waals surface area contributed by atoms with Crippen LogP contribution in [-0.4, -0.2) is 23.1 Å². The lowest BCUT2D eigenvalue weighted by Gasteiger charge is -2.11. The molecule has 1 aromatic rings. The summed E-state index contributed by atoms with van der Waals surface area (Å²) in [6, 6.07) is 2.62. The number of rotatable bonds is 4. The van der Waals surface area contributed by atoms with Crippen LogP contribution in [-0.2, 0) is 9.53 Å². The van der Waals surface area contributed by atoms with E-state index in [0.717, 1.165) is 12.1 Å². The molecule has 1 aromatic carbocycles. The zero-order valence-electron chi connectivity index (χ0n) is 9.12. The van der Waals surface area contributed by atoms with Gasteiger partial charge in [-0.25, -0.2) is 0 Å². The Morgan fingerprint density at radius 3 is 2.82 bits per heavy atom. The second kappa shape index (κ2) is 5.26. The molecule has 0 saturated heterocycles. The van der Waals surface area contributed by atoms with Gasteiger partial charge in [0.1, 0.15) is 5.75 Å². The summed E-state index contributed by atoms with van der Waals surface area (Å²) in [6.45, 7) is 0. The summed E-state index contributed by atoms with van der Waals surface area (Å²) in [5, 5.41) is 20.1. The number of nitro groups is 1. The normalized spacial score (nSPS) is 11.9. The van der Waals surface area contributed by atoms with Crippen LogP contribution < -0.4 is 5.73 Å². The molecule has 0 heterocycles. The number of esters is 1. The molecular formula is C10H12N2O5. The third kappa shape index (κ3) is 3.15. The molecule has 0 spiro atoms. The van der Waals surface area contributed by atoms with Crippen LogP contribution in [0.2, 0.25) is 0 Å². The standard InChI is InChI=1S/C10H12N2O5/c1-17-10(14)5-8(11)7-4-6(12(15)16)2-3-9(7)13/h2-4,8,13H,5,11H2,1H3/t8-/m0/s1. The number of nitrogens with zero attached hydrogens (tertiary/aromatic N) is 1. The van der Waals surface area contributed by atoms with E-state index in [-0.39, 0.29) is 23.4 Å². The lowest BCUT2D eigenvalue weighted by Crippen LogP contribution is -2.16. The molecule has 0 saturated carbocycles. The van der Waals surface area contributed by atoms with Crippen LogP contribution in [0, 0.1) is 10.1 Å². The molecule has 0 bridgehead atoms. The van der Waals surface area contributed by atoms with Crippen molar-refractivity contribution in [3.8, 4) is 5.75 Å². The first-order chi connectivity index (χ1) is 7.95. The number of methoxy groups -OCH3 is 1. The molecule has 1 rings (SSSR count). The third-order valence-corrected chi connectivity index (χ3v) is 2.24. The van der Waals surface area contributed by atoms with Crippen molar-refractivity contribution in [3.05, 3.63) is 33.9 Å². The Hall–Kier alpha value is -2.15. The number of aromatic hydroxyl groups is 1. The molecule has 0 fully saturated rings. The van der Waals surface area contributed by atoms with E-state index in [9.17, 15) is 20.0 Å². The summed E-state index contributed by atoms with van der Waals surface area (Å²) in [4.78, 5) is 21.0. The molecule has 0 radical (unpaired) electrons. The van der Waals surface area contributed by atoms with Crippen LogP contribution in [0.15, 0.2) is 18.2 Å². The number of non-ortho nitro benzene ring substituents is 1. The van der Waals surface area contributed by atoms with Crippen molar-refractivity contribution in [2.24, 2.45) is 5.73 Å². The maximum Gasteiger partial charge on any atom is 0.307 e. The second-order valence-corrected chi connectivity index (χ2v) is 3.39. The van der Waals surface area contributed by atoms with E-state index >= 15 is 0 Å². The van der Waals surface area contributed by atoms with E-state index in [0.29, 0.717) is 0 Å². The van der Waals surface area contributed by atoms with Crippen molar-refractivity contribution >= 4 is 11.7 Å². The molecule has 0 aliphatic rings. The minimum atomic E-state index is -0.845. The Labute approximate surface area is 97.0 Å². The van der Waals surface area contributed by atoms with Crippen LogP contribution in [0.3, 0.4) is 0 Å². The van der Waals surface area contributed by atoms with Gasteiger partial charge in [-0.2, -0.15) is 0 Å². The molecule has 0 unspecified atom stereocenters. The summed E-state index contributed by atoms with van der Waals surface area (Å²) < 4.78 is 4.43. The molecule has 92 valence electrons. The summed E-state index contributed by atoms with van der Waals surface area (Å²) >= 11 is 0. The van der Waals surface area contributed by atoms with E-state index in [1.54, 1.807) is 0 Å². The average molecular weight is 240 g/mol. The molecule has 3 N–H and O–H groups in total. The van der Waals surface area contributed by atoms with Gasteiger partial charge < -0.3 is 15.6 Å². The molecule has 0 aromatic heterocycles. The Balaban J connectivity index is 2.99. The van der Waals surface area contributed by atoms with Crippen molar-refractivity contribution in [2.75, 3.05) is 7.11 Å². The topological polar surface area (TPSA) is 116 Å². The molecule has 0 aliphatic carbocycles. The molecule has 17 heavy (non-hydrogen) atoms. The highest BCUT2D eigenvalue weighted by molar-refractivity contribution is 5.70. The Morgan fingerprint density at radius 1 is 1.65 bits per heavy atom. The maximum atomic E-state index is 11.0. The van der Waals surface area contributed by atoms with Crippen LogP contribution in [0.5, 0.6) is 5.75 Å². The van der Waals surface area contributed by atoms with Crippen LogP contribution in [0.4, 0.5) is 5.69 Å². The van der Waals surface area contributed by atoms with Crippen LogP contribution in [0.1, 0.15) is 18.0 Å². The molecule has 7 heteroatoms. The van der Waals surface area contributed by atoms with E-state index in [4.69, 9.17) is 5.73 Å². The maximum absolute atomic E-state index is 11.0. The number of carbonyl (C=O) groups excluding carboxylic acids is 1. The molecule has 0 amide bonds. The van der Waals surface area contributed by atoms with Crippen molar-refractivity contribution in [2.45, 2.75) is 12.5 Å². The van der Waals surface area contributed by atoms with Gasteiger partial charge >= 0.3 is 5.97 Å². The summed E-state index contributed by atoms with van der Waals surface area (Å²) in [5.41, 5.74) is 5.60. The summed E-state index contributed by atoms with van der Waals surface area (Å²) in [5.74, 6) is -0.740. The molecule has 1 atom stereocenters. The predicted octanol–water partition coefficient (Wildman–Crippen LogP) is 0.863. The third-order valence-electron chi connectivity index (χ3n) is 2.24. The molecular weight excluding hydrogens is 228 g/mol. The van der Waals surface area contributed by atoms with Crippen molar-refractivity contribution in [1.82, 2.24) is 0 Å². The van der Waals surface area contributed by atoms with E-state index in [2.05, 4.69) is 4.74 Å². The minimum absolute atomic E-state index is 0.143. The Morgan fingerprint density at radius 2 is 2.29 bits per heavy atom. The Bertz CT molecular complexity index is 446. The first-order valence-electron chi connectivity index (χ1n) is 4.75. The minimum Gasteiger partial charge on any atom is -0.508 e. The fourth-order valence-corrected chi connectivity index (χ4v) is 1.33. The zero-order valence-corrected chi connectivity index (χ0v) is 9.12. The quantitative estimate of drug-likeness (QED) is 0.458. The van der Waals surface area contributed by atoms with Gasteiger partial charge in [-0.15, -0.1) is 0 Å². The van der Waals surface area contributed by atoms with E-state index in [1.807, 2.05) is 0 Å². The summed E-state index contributed by atoms with van der Waals surface area (Å²) in [6.07, 6.45) is -0.161. The van der Waals surface area contributed by atoms with Gasteiger partial charge in [0.05, 0.1) is 18.5 Å². The van der Waals surface area contributed by atoms with Crippen molar-refractivity contribution in [1.29, 1.82) is 0 Å². The fourth-order valence-electron chi connectivity index (χ4n) is 1.33. The zero-order chi connectivity index (χ0) is 13.0. The van der Waals surface area contributed by atoms with Gasteiger partial charge in [0.15, 0.2) is 0 Å². The lowest BCUT2D eigenvalue weighted by atomic mass is 10.0. The van der Waals surface area contributed by atoms with Crippen molar-refractivity contribution in [3.63, 3.8) is 0 Å².